The second-order valence-electron chi connectivity index (χ2n) is 3.34. The zero-order valence-corrected chi connectivity index (χ0v) is 9.19. The van der Waals surface area contributed by atoms with Crippen LogP contribution in [0.1, 0.15) is 11.1 Å². The molecule has 0 bridgehead atoms. The summed E-state index contributed by atoms with van der Waals surface area (Å²) in [7, 11) is 0. The van der Waals surface area contributed by atoms with Gasteiger partial charge in [-0.3, -0.25) is 0 Å². The Balaban J connectivity index is 2.15. The van der Waals surface area contributed by atoms with Gasteiger partial charge in [-0.1, -0.05) is 54.6 Å². The van der Waals surface area contributed by atoms with Gasteiger partial charge >= 0.3 is 0 Å². The third kappa shape index (κ3) is 3.00. The molecule has 0 aliphatic carbocycles. The van der Waals surface area contributed by atoms with Crippen molar-refractivity contribution >= 4 is 24.8 Å². The lowest BCUT2D eigenvalue weighted by molar-refractivity contribution is 1.46. The van der Waals surface area contributed by atoms with Gasteiger partial charge in [0.05, 0.1) is 0 Å². The molecule has 0 radical (unpaired) electrons. The molecule has 0 fully saturated rings. The fourth-order valence-corrected chi connectivity index (χ4v) is 1.49. The number of hydrogen-bond acceptors (Lipinski definition) is 1. The van der Waals surface area contributed by atoms with E-state index in [4.69, 9.17) is 0 Å². The highest BCUT2D eigenvalue weighted by atomic mass is 32.1. The van der Waals surface area contributed by atoms with Gasteiger partial charge < -0.3 is 0 Å². The van der Waals surface area contributed by atoms with Gasteiger partial charge in [-0.15, -0.1) is 12.6 Å². The second kappa shape index (κ2) is 4.85. The maximum atomic E-state index is 4.25. The van der Waals surface area contributed by atoms with E-state index in [9.17, 15) is 0 Å². The third-order valence-corrected chi connectivity index (χ3v) is 2.46. The van der Waals surface area contributed by atoms with Crippen LogP contribution in [-0.2, 0) is 0 Å². The van der Waals surface area contributed by atoms with E-state index < -0.39 is 0 Å². The first kappa shape index (κ1) is 10.1. The number of hydrogen-bond donors (Lipinski definition) is 1. The Hall–Kier alpha value is -1.47. The minimum absolute atomic E-state index is 0.992. The van der Waals surface area contributed by atoms with E-state index in [1.54, 1.807) is 0 Å². The summed E-state index contributed by atoms with van der Waals surface area (Å²) in [5.41, 5.74) is 2.41. The van der Waals surface area contributed by atoms with E-state index in [0.29, 0.717) is 0 Å². The minimum Gasteiger partial charge on any atom is -0.143 e. The fourth-order valence-electron chi connectivity index (χ4n) is 1.34. The van der Waals surface area contributed by atoms with Crippen molar-refractivity contribution in [1.29, 1.82) is 0 Å². The summed E-state index contributed by atoms with van der Waals surface area (Å²) >= 11 is 4.25. The summed E-state index contributed by atoms with van der Waals surface area (Å²) in [6.07, 6.45) is 4.20. The van der Waals surface area contributed by atoms with Gasteiger partial charge in [0.2, 0.25) is 0 Å². The first-order valence-corrected chi connectivity index (χ1v) is 5.31. The predicted octanol–water partition coefficient (Wildman–Crippen LogP) is 4.15. The molecule has 2 aromatic rings. The van der Waals surface area contributed by atoms with E-state index in [2.05, 4.69) is 49.0 Å². The molecule has 74 valence electrons. The van der Waals surface area contributed by atoms with Crippen LogP contribution in [0.25, 0.3) is 12.2 Å². The lowest BCUT2D eigenvalue weighted by Gasteiger charge is -1.94. The van der Waals surface area contributed by atoms with E-state index >= 15 is 0 Å². The standard InChI is InChI=1S/C14H12S/c15-14-10-8-13(9-11-14)7-6-12-4-2-1-3-5-12/h1-11,15H/b7-6+. The van der Waals surface area contributed by atoms with E-state index in [1.165, 1.54) is 11.1 Å². The Morgan fingerprint density at radius 1 is 0.667 bits per heavy atom. The SMILES string of the molecule is Sc1ccc(/C=C/c2ccccc2)cc1. The molecule has 0 aliphatic heterocycles. The van der Waals surface area contributed by atoms with Crippen LogP contribution in [0.4, 0.5) is 0 Å². The summed E-state index contributed by atoms with van der Waals surface area (Å²) in [4.78, 5) is 0.992. The lowest BCUT2D eigenvalue weighted by Crippen LogP contribution is -1.72. The van der Waals surface area contributed by atoms with E-state index in [1.807, 2.05) is 30.3 Å². The Morgan fingerprint density at radius 3 is 1.80 bits per heavy atom. The van der Waals surface area contributed by atoms with Crippen LogP contribution in [0.15, 0.2) is 59.5 Å². The van der Waals surface area contributed by atoms with Gasteiger partial charge in [-0.25, -0.2) is 0 Å². The second-order valence-corrected chi connectivity index (χ2v) is 3.85. The maximum absolute atomic E-state index is 4.25. The van der Waals surface area contributed by atoms with Crippen LogP contribution in [-0.4, -0.2) is 0 Å². The number of thiol groups is 1. The van der Waals surface area contributed by atoms with Crippen molar-refractivity contribution in [2.24, 2.45) is 0 Å². The van der Waals surface area contributed by atoms with Crippen molar-refractivity contribution in [3.63, 3.8) is 0 Å². The van der Waals surface area contributed by atoms with Gasteiger partial charge in [0.1, 0.15) is 0 Å². The Labute approximate surface area is 95.7 Å². The molecular formula is C14H12S. The first-order valence-electron chi connectivity index (χ1n) is 4.87. The van der Waals surface area contributed by atoms with Gasteiger partial charge in [0.15, 0.2) is 0 Å². The fraction of sp³-hybridized carbons (Fsp3) is 0. The van der Waals surface area contributed by atoms with Crippen molar-refractivity contribution in [3.05, 3.63) is 65.7 Å². The van der Waals surface area contributed by atoms with Crippen LogP contribution in [0.2, 0.25) is 0 Å². The van der Waals surface area contributed by atoms with Crippen LogP contribution in [0.3, 0.4) is 0 Å². The zero-order chi connectivity index (χ0) is 10.5. The summed E-state index contributed by atoms with van der Waals surface area (Å²) in [6, 6.07) is 18.4. The summed E-state index contributed by atoms with van der Waals surface area (Å²) in [6.45, 7) is 0. The van der Waals surface area contributed by atoms with E-state index in [0.717, 1.165) is 4.90 Å². The highest BCUT2D eigenvalue weighted by Gasteiger charge is 1.87. The van der Waals surface area contributed by atoms with Gasteiger partial charge in [-0.2, -0.15) is 0 Å². The average Bonchev–Trinajstić information content (AvgIpc) is 2.30. The van der Waals surface area contributed by atoms with E-state index in [-0.39, 0.29) is 0 Å². The van der Waals surface area contributed by atoms with Crippen molar-refractivity contribution in [1.82, 2.24) is 0 Å². The molecule has 1 heteroatoms. The lowest BCUT2D eigenvalue weighted by atomic mass is 10.1. The summed E-state index contributed by atoms with van der Waals surface area (Å²) < 4.78 is 0. The maximum Gasteiger partial charge on any atom is 0.00403 e. The van der Waals surface area contributed by atoms with Crippen molar-refractivity contribution in [2.75, 3.05) is 0 Å². The van der Waals surface area contributed by atoms with Crippen molar-refractivity contribution in [2.45, 2.75) is 4.90 Å². The van der Waals surface area contributed by atoms with Gasteiger partial charge in [0, 0.05) is 4.90 Å². The highest BCUT2D eigenvalue weighted by Crippen LogP contribution is 2.11. The number of benzene rings is 2. The minimum atomic E-state index is 0.992. The van der Waals surface area contributed by atoms with Gasteiger partial charge in [0.25, 0.3) is 0 Å². The van der Waals surface area contributed by atoms with Crippen LogP contribution in [0, 0.1) is 0 Å². The quantitative estimate of drug-likeness (QED) is 0.561. The largest absolute Gasteiger partial charge is 0.143 e. The average molecular weight is 212 g/mol. The van der Waals surface area contributed by atoms with Crippen molar-refractivity contribution < 1.29 is 0 Å². The summed E-state index contributed by atoms with van der Waals surface area (Å²) in [5, 5.41) is 0. The molecule has 0 nitrogen and oxygen atoms in total. The monoisotopic (exact) mass is 212 g/mol. The predicted molar refractivity (Wildman–Crippen MR) is 69.1 cm³/mol. The third-order valence-electron chi connectivity index (χ3n) is 2.16. The topological polar surface area (TPSA) is 0 Å². The molecule has 0 unspecified atom stereocenters. The molecule has 0 spiro atoms. The smallest absolute Gasteiger partial charge is 0.00403 e. The molecule has 0 N–H and O–H groups in total. The molecule has 0 amide bonds. The Morgan fingerprint density at radius 2 is 1.20 bits per heavy atom. The van der Waals surface area contributed by atoms with Crippen LogP contribution >= 0.6 is 12.6 Å². The van der Waals surface area contributed by atoms with Gasteiger partial charge in [-0.05, 0) is 23.3 Å². The molecule has 2 aromatic carbocycles. The Bertz CT molecular complexity index is 441. The van der Waals surface area contributed by atoms with Crippen LogP contribution < -0.4 is 0 Å². The Kier molecular flexibility index (Phi) is 3.25. The summed E-state index contributed by atoms with van der Waals surface area (Å²) in [5.74, 6) is 0. The molecule has 0 heterocycles. The van der Waals surface area contributed by atoms with Crippen molar-refractivity contribution in [3.8, 4) is 0 Å². The molecular weight excluding hydrogens is 200 g/mol. The normalized spacial score (nSPS) is 10.7. The number of rotatable bonds is 2. The zero-order valence-electron chi connectivity index (χ0n) is 8.30. The first-order chi connectivity index (χ1) is 7.34. The van der Waals surface area contributed by atoms with Crippen LogP contribution in [0.5, 0.6) is 0 Å². The molecule has 0 saturated carbocycles. The molecule has 0 aliphatic rings. The highest BCUT2D eigenvalue weighted by molar-refractivity contribution is 7.80. The molecule has 2 rings (SSSR count). The molecule has 0 aromatic heterocycles. The molecule has 15 heavy (non-hydrogen) atoms. The molecule has 0 saturated heterocycles. The molecule has 0 atom stereocenters.